The largest absolute Gasteiger partial charge is 0.485 e. The van der Waals surface area contributed by atoms with E-state index in [0.717, 1.165) is 28.6 Å². The van der Waals surface area contributed by atoms with Gasteiger partial charge < -0.3 is 10.1 Å². The van der Waals surface area contributed by atoms with Crippen LogP contribution in [0.1, 0.15) is 24.5 Å². The SMILES string of the molecule is CCCNCc1cccc(F)c1OCc1cncc(Br)c1. The molecule has 0 radical (unpaired) electrons. The molecule has 0 bridgehead atoms. The van der Waals surface area contributed by atoms with Crippen LogP contribution in [0.5, 0.6) is 5.75 Å². The van der Waals surface area contributed by atoms with Gasteiger partial charge in [0.2, 0.25) is 0 Å². The van der Waals surface area contributed by atoms with Gasteiger partial charge >= 0.3 is 0 Å². The highest BCUT2D eigenvalue weighted by Crippen LogP contribution is 2.24. The Bertz CT molecular complexity index is 592. The molecule has 1 aromatic heterocycles. The Morgan fingerprint density at radius 2 is 2.19 bits per heavy atom. The van der Waals surface area contributed by atoms with E-state index in [-0.39, 0.29) is 12.4 Å². The predicted molar refractivity (Wildman–Crippen MR) is 84.7 cm³/mol. The fraction of sp³-hybridized carbons (Fsp3) is 0.312. The lowest BCUT2D eigenvalue weighted by atomic mass is 10.2. The molecule has 0 saturated heterocycles. The molecule has 2 aromatic rings. The fourth-order valence-electron chi connectivity index (χ4n) is 1.94. The Labute approximate surface area is 132 Å². The average molecular weight is 353 g/mol. The van der Waals surface area contributed by atoms with Crippen LogP contribution < -0.4 is 10.1 Å². The summed E-state index contributed by atoms with van der Waals surface area (Å²) in [5, 5.41) is 3.26. The van der Waals surface area contributed by atoms with Crippen molar-refractivity contribution in [3.05, 3.63) is 58.1 Å². The third kappa shape index (κ3) is 4.79. The van der Waals surface area contributed by atoms with Crippen molar-refractivity contribution >= 4 is 15.9 Å². The number of aromatic nitrogens is 1. The van der Waals surface area contributed by atoms with Crippen molar-refractivity contribution in [3.8, 4) is 5.75 Å². The number of pyridine rings is 1. The van der Waals surface area contributed by atoms with Crippen LogP contribution in [0.3, 0.4) is 0 Å². The van der Waals surface area contributed by atoms with Gasteiger partial charge in [0.25, 0.3) is 0 Å². The van der Waals surface area contributed by atoms with Crippen molar-refractivity contribution in [2.24, 2.45) is 0 Å². The summed E-state index contributed by atoms with van der Waals surface area (Å²) in [6.45, 7) is 3.87. The molecule has 1 aromatic carbocycles. The van der Waals surface area contributed by atoms with E-state index in [1.54, 1.807) is 18.5 Å². The highest BCUT2D eigenvalue weighted by Gasteiger charge is 2.10. The molecule has 0 aliphatic carbocycles. The Morgan fingerprint density at radius 1 is 1.33 bits per heavy atom. The number of para-hydroxylation sites is 1. The van der Waals surface area contributed by atoms with Gasteiger partial charge in [0.1, 0.15) is 6.61 Å². The standard InChI is InChI=1S/C16H18BrFN2O/c1-2-6-19-9-13-4-3-5-15(18)16(13)21-11-12-7-14(17)10-20-8-12/h3-5,7-8,10,19H,2,6,9,11H2,1H3. The van der Waals surface area contributed by atoms with Crippen LogP contribution in [-0.4, -0.2) is 11.5 Å². The van der Waals surface area contributed by atoms with Crippen LogP contribution >= 0.6 is 15.9 Å². The van der Waals surface area contributed by atoms with Crippen LogP contribution in [-0.2, 0) is 13.2 Å². The Morgan fingerprint density at radius 3 is 2.95 bits per heavy atom. The highest BCUT2D eigenvalue weighted by atomic mass is 79.9. The topological polar surface area (TPSA) is 34.1 Å². The minimum absolute atomic E-state index is 0.286. The van der Waals surface area contributed by atoms with E-state index in [2.05, 4.69) is 33.2 Å². The number of nitrogens with one attached hydrogen (secondary N) is 1. The van der Waals surface area contributed by atoms with E-state index < -0.39 is 0 Å². The lowest BCUT2D eigenvalue weighted by molar-refractivity contribution is 0.285. The first kappa shape index (κ1) is 15.9. The van der Waals surface area contributed by atoms with E-state index >= 15 is 0 Å². The van der Waals surface area contributed by atoms with Crippen LogP contribution in [0.15, 0.2) is 41.1 Å². The van der Waals surface area contributed by atoms with Gasteiger partial charge in [-0.2, -0.15) is 0 Å². The number of ether oxygens (including phenoxy) is 1. The Hall–Kier alpha value is -1.46. The number of halogens is 2. The number of benzene rings is 1. The zero-order chi connectivity index (χ0) is 15.1. The summed E-state index contributed by atoms with van der Waals surface area (Å²) >= 11 is 3.36. The molecule has 0 spiro atoms. The molecule has 5 heteroatoms. The lowest BCUT2D eigenvalue weighted by Gasteiger charge is -2.13. The molecule has 1 heterocycles. The van der Waals surface area contributed by atoms with Gasteiger partial charge in [0, 0.05) is 34.5 Å². The van der Waals surface area contributed by atoms with Crippen LogP contribution in [0.25, 0.3) is 0 Å². The van der Waals surface area contributed by atoms with E-state index in [9.17, 15) is 4.39 Å². The first-order chi connectivity index (χ1) is 10.2. The number of rotatable bonds is 7. The van der Waals surface area contributed by atoms with Crippen molar-refractivity contribution in [1.82, 2.24) is 10.3 Å². The van der Waals surface area contributed by atoms with E-state index in [1.807, 2.05) is 12.1 Å². The molecule has 0 aliphatic rings. The lowest BCUT2D eigenvalue weighted by Crippen LogP contribution is -2.15. The van der Waals surface area contributed by atoms with Gasteiger partial charge in [-0.05, 0) is 41.0 Å². The van der Waals surface area contributed by atoms with Gasteiger partial charge in [0.15, 0.2) is 11.6 Å². The molecule has 2 rings (SSSR count). The summed E-state index contributed by atoms with van der Waals surface area (Å²) < 4.78 is 20.5. The molecule has 0 aliphatic heterocycles. The van der Waals surface area contributed by atoms with Crippen LogP contribution in [0.4, 0.5) is 4.39 Å². The second-order valence-corrected chi connectivity index (χ2v) is 5.62. The fourth-order valence-corrected chi connectivity index (χ4v) is 2.36. The quantitative estimate of drug-likeness (QED) is 0.763. The summed E-state index contributed by atoms with van der Waals surface area (Å²) in [7, 11) is 0. The van der Waals surface area contributed by atoms with Gasteiger partial charge in [-0.25, -0.2) is 4.39 Å². The van der Waals surface area contributed by atoms with Gasteiger partial charge in [-0.3, -0.25) is 4.98 Å². The summed E-state index contributed by atoms with van der Waals surface area (Å²) in [4.78, 5) is 4.07. The van der Waals surface area contributed by atoms with Crippen molar-refractivity contribution < 1.29 is 9.13 Å². The first-order valence-electron chi connectivity index (χ1n) is 6.91. The second-order valence-electron chi connectivity index (χ2n) is 4.70. The zero-order valence-electron chi connectivity index (χ0n) is 11.9. The molecule has 112 valence electrons. The minimum atomic E-state index is -0.339. The zero-order valence-corrected chi connectivity index (χ0v) is 13.5. The minimum Gasteiger partial charge on any atom is -0.485 e. The Kier molecular flexibility index (Phi) is 6.14. The van der Waals surface area contributed by atoms with Crippen molar-refractivity contribution in [2.75, 3.05) is 6.54 Å². The molecule has 0 saturated carbocycles. The van der Waals surface area contributed by atoms with Gasteiger partial charge in [-0.1, -0.05) is 19.1 Å². The van der Waals surface area contributed by atoms with E-state index in [0.29, 0.717) is 12.3 Å². The van der Waals surface area contributed by atoms with Crippen molar-refractivity contribution in [1.29, 1.82) is 0 Å². The molecule has 0 amide bonds. The number of hydrogen-bond acceptors (Lipinski definition) is 3. The monoisotopic (exact) mass is 352 g/mol. The summed E-state index contributed by atoms with van der Waals surface area (Å²) in [5.74, 6) is -0.0326. The van der Waals surface area contributed by atoms with Gasteiger partial charge in [-0.15, -0.1) is 0 Å². The third-order valence-electron chi connectivity index (χ3n) is 2.94. The normalized spacial score (nSPS) is 10.6. The maximum absolute atomic E-state index is 14.0. The summed E-state index contributed by atoms with van der Waals surface area (Å²) in [5.41, 5.74) is 1.71. The average Bonchev–Trinajstić information content (AvgIpc) is 2.47. The second kappa shape index (κ2) is 8.10. The van der Waals surface area contributed by atoms with E-state index in [1.165, 1.54) is 6.07 Å². The Balaban J connectivity index is 2.07. The van der Waals surface area contributed by atoms with Crippen molar-refractivity contribution in [3.63, 3.8) is 0 Å². The smallest absolute Gasteiger partial charge is 0.165 e. The first-order valence-corrected chi connectivity index (χ1v) is 7.70. The molecular formula is C16H18BrFN2O. The molecular weight excluding hydrogens is 335 g/mol. The maximum Gasteiger partial charge on any atom is 0.165 e. The van der Waals surface area contributed by atoms with Crippen molar-refractivity contribution in [2.45, 2.75) is 26.5 Å². The number of nitrogens with zero attached hydrogens (tertiary/aromatic N) is 1. The summed E-state index contributed by atoms with van der Waals surface area (Å²) in [6, 6.07) is 6.90. The molecule has 0 fully saturated rings. The predicted octanol–water partition coefficient (Wildman–Crippen LogP) is 4.06. The van der Waals surface area contributed by atoms with Gasteiger partial charge in [0.05, 0.1) is 0 Å². The molecule has 1 N–H and O–H groups in total. The number of hydrogen-bond donors (Lipinski definition) is 1. The van der Waals surface area contributed by atoms with Crippen LogP contribution in [0, 0.1) is 5.82 Å². The third-order valence-corrected chi connectivity index (χ3v) is 3.37. The molecule has 3 nitrogen and oxygen atoms in total. The molecule has 0 unspecified atom stereocenters. The molecule has 21 heavy (non-hydrogen) atoms. The van der Waals surface area contributed by atoms with Crippen LogP contribution in [0.2, 0.25) is 0 Å². The maximum atomic E-state index is 14.0. The van der Waals surface area contributed by atoms with E-state index in [4.69, 9.17) is 4.74 Å². The highest BCUT2D eigenvalue weighted by molar-refractivity contribution is 9.10. The molecule has 0 atom stereocenters. The summed E-state index contributed by atoms with van der Waals surface area (Å²) in [6.07, 6.45) is 4.45.